The Kier molecular flexibility index (Phi) is 4.65. The number of fused-ring (bicyclic) bond motifs is 1. The van der Waals surface area contributed by atoms with Crippen molar-refractivity contribution in [1.82, 2.24) is 9.78 Å². The Hall–Kier alpha value is -3.35. The van der Waals surface area contributed by atoms with E-state index in [1.807, 2.05) is 42.5 Å². The maximum absolute atomic E-state index is 12.4. The Bertz CT molecular complexity index is 928. The fourth-order valence-electron chi connectivity index (χ4n) is 2.54. The average molecular weight is 338 g/mol. The highest BCUT2D eigenvalue weighted by molar-refractivity contribution is 6.08. The summed E-state index contributed by atoms with van der Waals surface area (Å²) in [7, 11) is 1.64. The number of carbonyl (C=O) groups excluding carboxylic acids is 2. The maximum Gasteiger partial charge on any atom is 0.343 e. The lowest BCUT2D eigenvalue weighted by Crippen LogP contribution is -2.23. The number of aromatic nitrogens is 2. The van der Waals surface area contributed by atoms with E-state index < -0.39 is 12.0 Å². The van der Waals surface area contributed by atoms with Crippen LogP contribution in [0.5, 0.6) is 0 Å². The second-order valence-electron chi connectivity index (χ2n) is 5.36. The lowest BCUT2D eigenvalue weighted by molar-refractivity contribution is 0.0527. The minimum Gasteiger partial charge on any atom is -0.462 e. The zero-order chi connectivity index (χ0) is 17.8. The first-order valence-corrected chi connectivity index (χ1v) is 7.85. The smallest absolute Gasteiger partial charge is 0.343 e. The number of hydrogen-bond acceptors (Lipinski definition) is 4. The number of nitrogens with one attached hydrogen (secondary N) is 2. The number of carbonyl (C=O) groups is 2. The summed E-state index contributed by atoms with van der Waals surface area (Å²) in [6.45, 7) is 1.96. The molecule has 2 amide bonds. The number of urea groups is 1. The molecule has 1 heterocycles. The van der Waals surface area contributed by atoms with Gasteiger partial charge in [-0.25, -0.2) is 9.59 Å². The summed E-state index contributed by atoms with van der Waals surface area (Å²) < 4.78 is 6.39. The van der Waals surface area contributed by atoms with Gasteiger partial charge in [0.1, 0.15) is 11.4 Å². The first kappa shape index (κ1) is 16.5. The predicted octanol–water partition coefficient (Wildman–Crippen LogP) is 3.39. The predicted molar refractivity (Wildman–Crippen MR) is 95.8 cm³/mol. The third-order valence-corrected chi connectivity index (χ3v) is 3.70. The highest BCUT2D eigenvalue weighted by atomic mass is 16.5. The molecule has 2 N–H and O–H groups in total. The fraction of sp³-hybridized carbons (Fsp3) is 0.167. The van der Waals surface area contributed by atoms with Crippen LogP contribution in [0.4, 0.5) is 16.3 Å². The van der Waals surface area contributed by atoms with Crippen LogP contribution in [0.2, 0.25) is 0 Å². The van der Waals surface area contributed by atoms with Crippen LogP contribution in [0.25, 0.3) is 10.8 Å². The van der Waals surface area contributed by atoms with Crippen molar-refractivity contribution in [1.29, 1.82) is 0 Å². The number of anilines is 2. The molecule has 0 saturated carbocycles. The Morgan fingerprint density at radius 2 is 1.88 bits per heavy atom. The number of hydrogen-bond donors (Lipinski definition) is 2. The Labute approximate surface area is 144 Å². The van der Waals surface area contributed by atoms with E-state index in [0.29, 0.717) is 5.69 Å². The van der Waals surface area contributed by atoms with Gasteiger partial charge < -0.3 is 10.1 Å². The summed E-state index contributed by atoms with van der Waals surface area (Å²) in [4.78, 5) is 24.3. The number of esters is 1. The Morgan fingerprint density at radius 1 is 1.12 bits per heavy atom. The summed E-state index contributed by atoms with van der Waals surface area (Å²) >= 11 is 0. The molecule has 0 atom stereocenters. The second kappa shape index (κ2) is 7.04. The van der Waals surface area contributed by atoms with Gasteiger partial charge >= 0.3 is 12.0 Å². The van der Waals surface area contributed by atoms with Crippen LogP contribution in [-0.4, -0.2) is 28.4 Å². The standard InChI is InChI=1S/C18H18N4O3/c1-3-25-17(23)14-11-19-22(2)16(14)21-18(24)20-15-10-6-8-12-7-4-5-9-13(12)15/h4-11H,3H2,1-2H3,(H2,20,21,24). The van der Waals surface area contributed by atoms with Crippen LogP contribution in [0.3, 0.4) is 0 Å². The van der Waals surface area contributed by atoms with Crippen LogP contribution in [0, 0.1) is 0 Å². The molecule has 0 fully saturated rings. The first-order chi connectivity index (χ1) is 12.1. The molecule has 3 rings (SSSR count). The van der Waals surface area contributed by atoms with Gasteiger partial charge in [-0.3, -0.25) is 10.00 Å². The molecular weight excluding hydrogens is 320 g/mol. The van der Waals surface area contributed by atoms with E-state index in [0.717, 1.165) is 10.8 Å². The van der Waals surface area contributed by atoms with Crippen molar-refractivity contribution in [3.8, 4) is 0 Å². The van der Waals surface area contributed by atoms with Crippen LogP contribution >= 0.6 is 0 Å². The third-order valence-electron chi connectivity index (χ3n) is 3.70. The summed E-state index contributed by atoms with van der Waals surface area (Å²) in [5.74, 6) is -0.257. The van der Waals surface area contributed by atoms with Crippen molar-refractivity contribution < 1.29 is 14.3 Å². The number of aryl methyl sites for hydroxylation is 1. The minimum atomic E-state index is -0.531. The fourth-order valence-corrected chi connectivity index (χ4v) is 2.54. The van der Waals surface area contributed by atoms with Gasteiger partial charge in [0.15, 0.2) is 0 Å². The van der Waals surface area contributed by atoms with E-state index in [-0.39, 0.29) is 18.0 Å². The lowest BCUT2D eigenvalue weighted by Gasteiger charge is -2.11. The van der Waals surface area contributed by atoms with Crippen LogP contribution < -0.4 is 10.6 Å². The minimum absolute atomic E-state index is 0.206. The maximum atomic E-state index is 12.4. The quantitative estimate of drug-likeness (QED) is 0.714. The first-order valence-electron chi connectivity index (χ1n) is 7.85. The molecule has 0 spiro atoms. The molecule has 7 nitrogen and oxygen atoms in total. The topological polar surface area (TPSA) is 85.2 Å². The van der Waals surface area contributed by atoms with Crippen LogP contribution in [0.1, 0.15) is 17.3 Å². The molecule has 25 heavy (non-hydrogen) atoms. The number of rotatable bonds is 4. The number of benzene rings is 2. The highest BCUT2D eigenvalue weighted by Gasteiger charge is 2.19. The molecule has 0 radical (unpaired) electrons. The summed E-state index contributed by atoms with van der Waals surface area (Å²) in [6, 6.07) is 12.9. The summed E-state index contributed by atoms with van der Waals surface area (Å²) in [6.07, 6.45) is 1.37. The van der Waals surface area contributed by atoms with Crippen LogP contribution in [0.15, 0.2) is 48.7 Å². The zero-order valence-corrected chi connectivity index (χ0v) is 13.9. The zero-order valence-electron chi connectivity index (χ0n) is 13.9. The molecule has 0 unspecified atom stereocenters. The van der Waals surface area contributed by atoms with Gasteiger partial charge in [-0.1, -0.05) is 36.4 Å². The van der Waals surface area contributed by atoms with Gasteiger partial charge in [-0.15, -0.1) is 0 Å². The molecule has 128 valence electrons. The average Bonchev–Trinajstić information content (AvgIpc) is 2.96. The number of nitrogens with zero attached hydrogens (tertiary/aromatic N) is 2. The molecule has 0 saturated heterocycles. The van der Waals surface area contributed by atoms with Crippen molar-refractivity contribution >= 4 is 34.3 Å². The molecule has 1 aromatic heterocycles. The Morgan fingerprint density at radius 3 is 2.68 bits per heavy atom. The normalized spacial score (nSPS) is 10.5. The van der Waals surface area contributed by atoms with Crippen molar-refractivity contribution in [2.45, 2.75) is 6.92 Å². The van der Waals surface area contributed by atoms with Gasteiger partial charge in [0, 0.05) is 12.4 Å². The molecule has 7 heteroatoms. The van der Waals surface area contributed by atoms with Crippen molar-refractivity contribution in [2.24, 2.45) is 7.05 Å². The molecule has 2 aromatic carbocycles. The molecule has 0 aliphatic carbocycles. The van der Waals surface area contributed by atoms with E-state index in [4.69, 9.17) is 4.74 Å². The van der Waals surface area contributed by atoms with Gasteiger partial charge in [-0.2, -0.15) is 5.10 Å². The van der Waals surface area contributed by atoms with Gasteiger partial charge in [0.2, 0.25) is 0 Å². The molecule has 0 aliphatic rings. The van der Waals surface area contributed by atoms with Crippen LogP contribution in [-0.2, 0) is 11.8 Å². The number of amides is 2. The van der Waals surface area contributed by atoms with E-state index >= 15 is 0 Å². The SMILES string of the molecule is CCOC(=O)c1cnn(C)c1NC(=O)Nc1cccc2ccccc12. The molecule has 0 bridgehead atoms. The summed E-state index contributed by atoms with van der Waals surface area (Å²) in [5.41, 5.74) is 0.882. The van der Waals surface area contributed by atoms with E-state index in [1.165, 1.54) is 10.9 Å². The van der Waals surface area contributed by atoms with Gasteiger partial charge in [0.25, 0.3) is 0 Å². The monoisotopic (exact) mass is 338 g/mol. The molecule has 3 aromatic rings. The third kappa shape index (κ3) is 3.45. The van der Waals surface area contributed by atoms with Crippen molar-refractivity contribution in [3.63, 3.8) is 0 Å². The lowest BCUT2D eigenvalue weighted by atomic mass is 10.1. The molecular formula is C18H18N4O3. The van der Waals surface area contributed by atoms with Gasteiger partial charge in [-0.05, 0) is 18.4 Å². The number of ether oxygens (including phenoxy) is 1. The second-order valence-corrected chi connectivity index (χ2v) is 5.36. The van der Waals surface area contributed by atoms with Crippen molar-refractivity contribution in [3.05, 3.63) is 54.2 Å². The Balaban J connectivity index is 1.81. The highest BCUT2D eigenvalue weighted by Crippen LogP contribution is 2.23. The van der Waals surface area contributed by atoms with E-state index in [9.17, 15) is 9.59 Å². The van der Waals surface area contributed by atoms with E-state index in [2.05, 4.69) is 15.7 Å². The van der Waals surface area contributed by atoms with Gasteiger partial charge in [0.05, 0.1) is 18.5 Å². The molecule has 0 aliphatic heterocycles. The van der Waals surface area contributed by atoms with E-state index in [1.54, 1.807) is 14.0 Å². The summed E-state index contributed by atoms with van der Waals surface area (Å²) in [5, 5.41) is 11.4. The van der Waals surface area contributed by atoms with Crippen molar-refractivity contribution in [2.75, 3.05) is 17.2 Å². The largest absolute Gasteiger partial charge is 0.462 e.